The molecule has 0 spiro atoms. The van der Waals surface area contributed by atoms with Gasteiger partial charge < -0.3 is 10.4 Å². The molecule has 0 aliphatic carbocycles. The smallest absolute Gasteiger partial charge is 0.339 e. The van der Waals surface area contributed by atoms with Gasteiger partial charge in [-0.1, -0.05) is 12.1 Å². The normalized spacial score (nSPS) is 9.90. The van der Waals surface area contributed by atoms with E-state index in [0.717, 1.165) is 0 Å². The Bertz CT molecular complexity index is 729. The number of rotatable bonds is 4. The molecule has 0 unspecified atom stereocenters. The number of hydrogen-bond donors (Lipinski definition) is 2. The summed E-state index contributed by atoms with van der Waals surface area (Å²) in [6.45, 7) is 0. The van der Waals surface area contributed by atoms with Gasteiger partial charge in [-0.2, -0.15) is 0 Å². The summed E-state index contributed by atoms with van der Waals surface area (Å²) in [7, 11) is 0. The third kappa shape index (κ3) is 3.00. The molecule has 8 heteroatoms. The van der Waals surface area contributed by atoms with Crippen molar-refractivity contribution >= 4 is 23.4 Å². The first-order valence-corrected chi connectivity index (χ1v) is 5.74. The molecular weight excluding hydrogens is 278 g/mol. The number of amides is 1. The fourth-order valence-corrected chi connectivity index (χ4v) is 1.68. The average molecular weight is 287 g/mol. The largest absolute Gasteiger partial charge is 0.478 e. The average Bonchev–Trinajstić information content (AvgIpc) is 2.47. The molecule has 2 rings (SSSR count). The van der Waals surface area contributed by atoms with Gasteiger partial charge in [-0.25, -0.2) is 9.78 Å². The second-order valence-corrected chi connectivity index (χ2v) is 3.93. The van der Waals surface area contributed by atoms with E-state index >= 15 is 0 Å². The molecule has 2 N–H and O–H groups in total. The zero-order valence-electron chi connectivity index (χ0n) is 10.5. The number of carbonyl (C=O) groups is 2. The van der Waals surface area contributed by atoms with Gasteiger partial charge in [-0.05, 0) is 18.2 Å². The van der Waals surface area contributed by atoms with E-state index in [1.165, 1.54) is 42.6 Å². The number of aromatic carboxylic acids is 1. The first-order valence-electron chi connectivity index (χ1n) is 5.74. The minimum Gasteiger partial charge on any atom is -0.478 e. The number of nitro groups is 1. The number of anilines is 1. The fraction of sp³-hybridized carbons (Fsp3) is 0. The standard InChI is InChI=1S/C13H9N3O5/c17-12(8-4-1-2-6-10(8)16(20)21)15-11-9(13(18)19)5-3-7-14-11/h1-7H,(H,18,19)(H,14,15,17). The van der Waals surface area contributed by atoms with Crippen LogP contribution in [-0.2, 0) is 0 Å². The van der Waals surface area contributed by atoms with Crippen LogP contribution in [0.1, 0.15) is 20.7 Å². The summed E-state index contributed by atoms with van der Waals surface area (Å²) in [4.78, 5) is 37.0. The number of benzene rings is 1. The van der Waals surface area contributed by atoms with Crippen LogP contribution >= 0.6 is 0 Å². The van der Waals surface area contributed by atoms with Gasteiger partial charge in [0.05, 0.1) is 4.92 Å². The van der Waals surface area contributed by atoms with Crippen molar-refractivity contribution < 1.29 is 19.6 Å². The van der Waals surface area contributed by atoms with E-state index in [-0.39, 0.29) is 22.6 Å². The molecule has 1 amide bonds. The Morgan fingerprint density at radius 3 is 2.48 bits per heavy atom. The Morgan fingerprint density at radius 1 is 1.14 bits per heavy atom. The first-order chi connectivity index (χ1) is 10.0. The van der Waals surface area contributed by atoms with E-state index in [1.54, 1.807) is 0 Å². The zero-order chi connectivity index (χ0) is 15.4. The van der Waals surface area contributed by atoms with Gasteiger partial charge in [0.15, 0.2) is 0 Å². The van der Waals surface area contributed by atoms with Crippen molar-refractivity contribution in [3.05, 3.63) is 63.8 Å². The summed E-state index contributed by atoms with van der Waals surface area (Å²) in [6.07, 6.45) is 1.31. The predicted octanol–water partition coefficient (Wildman–Crippen LogP) is 1.94. The third-order valence-corrected chi connectivity index (χ3v) is 2.62. The van der Waals surface area contributed by atoms with Gasteiger partial charge in [0, 0.05) is 12.3 Å². The molecule has 1 aromatic heterocycles. The van der Waals surface area contributed by atoms with Crippen LogP contribution in [0.15, 0.2) is 42.6 Å². The molecule has 0 bridgehead atoms. The number of carboxylic acid groups (broad SMARTS) is 1. The van der Waals surface area contributed by atoms with Crippen LogP contribution in [0.2, 0.25) is 0 Å². The van der Waals surface area contributed by atoms with Gasteiger partial charge >= 0.3 is 5.97 Å². The molecule has 106 valence electrons. The van der Waals surface area contributed by atoms with Crippen LogP contribution in [0.3, 0.4) is 0 Å². The highest BCUT2D eigenvalue weighted by molar-refractivity contribution is 6.09. The zero-order valence-corrected chi connectivity index (χ0v) is 10.5. The van der Waals surface area contributed by atoms with Gasteiger partial charge in [-0.15, -0.1) is 0 Å². The predicted molar refractivity (Wildman–Crippen MR) is 72.2 cm³/mol. The second-order valence-electron chi connectivity index (χ2n) is 3.93. The van der Waals surface area contributed by atoms with Crippen LogP contribution in [0, 0.1) is 10.1 Å². The van der Waals surface area contributed by atoms with Gasteiger partial charge in [0.2, 0.25) is 0 Å². The Balaban J connectivity index is 2.36. The molecule has 2 aromatic rings. The molecule has 0 saturated carbocycles. The quantitative estimate of drug-likeness (QED) is 0.654. The molecule has 0 radical (unpaired) electrons. The van der Waals surface area contributed by atoms with E-state index in [1.807, 2.05) is 0 Å². The Hall–Kier alpha value is -3.29. The van der Waals surface area contributed by atoms with E-state index in [2.05, 4.69) is 10.3 Å². The Labute approximate surface area is 118 Å². The fourth-order valence-electron chi connectivity index (χ4n) is 1.68. The minimum atomic E-state index is -1.26. The summed E-state index contributed by atoms with van der Waals surface area (Å²) in [5, 5.41) is 22.1. The van der Waals surface area contributed by atoms with Crippen LogP contribution in [-0.4, -0.2) is 26.9 Å². The Kier molecular flexibility index (Phi) is 3.89. The maximum absolute atomic E-state index is 12.1. The number of nitrogens with one attached hydrogen (secondary N) is 1. The maximum Gasteiger partial charge on any atom is 0.339 e. The van der Waals surface area contributed by atoms with Crippen molar-refractivity contribution in [1.29, 1.82) is 0 Å². The minimum absolute atomic E-state index is 0.173. The molecule has 0 aliphatic heterocycles. The van der Waals surface area contributed by atoms with Gasteiger partial charge in [0.25, 0.3) is 11.6 Å². The van der Waals surface area contributed by atoms with Crippen molar-refractivity contribution in [1.82, 2.24) is 4.98 Å². The number of pyridine rings is 1. The van der Waals surface area contributed by atoms with Crippen molar-refractivity contribution in [2.45, 2.75) is 0 Å². The number of carboxylic acids is 1. The van der Waals surface area contributed by atoms with E-state index < -0.39 is 16.8 Å². The third-order valence-electron chi connectivity index (χ3n) is 2.62. The molecule has 1 aromatic carbocycles. The van der Waals surface area contributed by atoms with E-state index in [4.69, 9.17) is 5.11 Å². The van der Waals surface area contributed by atoms with Crippen LogP contribution in [0.4, 0.5) is 11.5 Å². The lowest BCUT2D eigenvalue weighted by Crippen LogP contribution is -2.17. The topological polar surface area (TPSA) is 122 Å². The molecular formula is C13H9N3O5. The van der Waals surface area contributed by atoms with Crippen molar-refractivity contribution in [2.75, 3.05) is 5.32 Å². The number of carbonyl (C=O) groups excluding carboxylic acids is 1. The van der Waals surface area contributed by atoms with Crippen LogP contribution in [0.5, 0.6) is 0 Å². The van der Waals surface area contributed by atoms with E-state index in [0.29, 0.717) is 0 Å². The summed E-state index contributed by atoms with van der Waals surface area (Å²) in [6, 6.07) is 8.04. The lowest BCUT2D eigenvalue weighted by Gasteiger charge is -2.07. The molecule has 0 fully saturated rings. The molecule has 21 heavy (non-hydrogen) atoms. The highest BCUT2D eigenvalue weighted by Gasteiger charge is 2.21. The van der Waals surface area contributed by atoms with Gasteiger partial charge in [0.1, 0.15) is 16.9 Å². The lowest BCUT2D eigenvalue weighted by atomic mass is 10.1. The number of nitrogens with zero attached hydrogens (tertiary/aromatic N) is 2. The number of hydrogen-bond acceptors (Lipinski definition) is 5. The van der Waals surface area contributed by atoms with Gasteiger partial charge in [-0.3, -0.25) is 14.9 Å². The summed E-state index contributed by atoms with van der Waals surface area (Å²) in [5.41, 5.74) is -0.753. The second kappa shape index (κ2) is 5.78. The molecule has 0 saturated heterocycles. The van der Waals surface area contributed by atoms with Crippen molar-refractivity contribution in [2.24, 2.45) is 0 Å². The summed E-state index contributed by atoms with van der Waals surface area (Å²) < 4.78 is 0. The van der Waals surface area contributed by atoms with Crippen LogP contribution < -0.4 is 5.32 Å². The molecule has 1 heterocycles. The lowest BCUT2D eigenvalue weighted by molar-refractivity contribution is -0.385. The SMILES string of the molecule is O=C(Nc1ncccc1C(=O)O)c1ccccc1[N+](=O)[O-]. The van der Waals surface area contributed by atoms with Crippen molar-refractivity contribution in [3.8, 4) is 0 Å². The van der Waals surface area contributed by atoms with E-state index in [9.17, 15) is 19.7 Å². The first kappa shape index (κ1) is 14.1. The summed E-state index contributed by atoms with van der Waals surface area (Å²) >= 11 is 0. The van der Waals surface area contributed by atoms with Crippen LogP contribution in [0.25, 0.3) is 0 Å². The Morgan fingerprint density at radius 2 is 1.81 bits per heavy atom. The number of para-hydroxylation sites is 1. The molecule has 0 atom stereocenters. The maximum atomic E-state index is 12.1. The number of nitro benzene ring substituents is 1. The highest BCUT2D eigenvalue weighted by atomic mass is 16.6. The monoisotopic (exact) mass is 287 g/mol. The van der Waals surface area contributed by atoms with Crippen molar-refractivity contribution in [3.63, 3.8) is 0 Å². The number of aromatic nitrogens is 1. The molecule has 0 aliphatic rings. The summed E-state index contributed by atoms with van der Waals surface area (Å²) in [5.74, 6) is -2.24. The molecule has 8 nitrogen and oxygen atoms in total. The highest BCUT2D eigenvalue weighted by Crippen LogP contribution is 2.20.